The molecule has 1 heterocycles. The molecule has 0 unspecified atom stereocenters. The van der Waals surface area contributed by atoms with Crippen LogP contribution in [0, 0.1) is 5.92 Å². The summed E-state index contributed by atoms with van der Waals surface area (Å²) in [5.74, 6) is 0.161. The Morgan fingerprint density at radius 3 is 3.00 bits per heavy atom. The van der Waals surface area contributed by atoms with Gasteiger partial charge in [-0.1, -0.05) is 37.1 Å². The molecule has 7 heteroatoms. The van der Waals surface area contributed by atoms with Crippen LogP contribution in [0.25, 0.3) is 11.4 Å². The molecule has 0 bridgehead atoms. The topological polar surface area (TPSA) is 97.2 Å². The second-order valence-electron chi connectivity index (χ2n) is 6.69. The van der Waals surface area contributed by atoms with E-state index in [0.717, 1.165) is 19.3 Å². The summed E-state index contributed by atoms with van der Waals surface area (Å²) in [6.45, 7) is 3.99. The lowest BCUT2D eigenvalue weighted by Crippen LogP contribution is -2.33. The number of aromatic amines is 1. The van der Waals surface area contributed by atoms with Crippen LogP contribution in [0.2, 0.25) is 0 Å². The predicted molar refractivity (Wildman–Crippen MR) is 93.2 cm³/mol. The Morgan fingerprint density at radius 1 is 1.44 bits per heavy atom. The van der Waals surface area contributed by atoms with E-state index in [1.165, 1.54) is 6.42 Å². The van der Waals surface area contributed by atoms with Crippen molar-refractivity contribution < 1.29 is 14.1 Å². The van der Waals surface area contributed by atoms with E-state index in [-0.39, 0.29) is 12.0 Å². The highest BCUT2D eigenvalue weighted by atomic mass is 16.5. The highest BCUT2D eigenvalue weighted by Gasteiger charge is 2.24. The summed E-state index contributed by atoms with van der Waals surface area (Å²) in [5.41, 5.74) is 1.26. The first kappa shape index (κ1) is 17.4. The number of amides is 1. The summed E-state index contributed by atoms with van der Waals surface area (Å²) >= 11 is 0. The third-order valence-electron chi connectivity index (χ3n) is 4.50. The van der Waals surface area contributed by atoms with E-state index in [1.807, 2.05) is 0 Å². The number of hydrogen-bond donors (Lipinski definition) is 2. The van der Waals surface area contributed by atoms with Gasteiger partial charge in [-0.05, 0) is 37.8 Å². The molecular weight excluding hydrogens is 322 g/mol. The van der Waals surface area contributed by atoms with Gasteiger partial charge in [-0.3, -0.25) is 14.3 Å². The monoisotopic (exact) mass is 345 g/mol. The Bertz CT molecular complexity index is 782. The summed E-state index contributed by atoms with van der Waals surface area (Å²) in [4.78, 5) is 25.9. The standard InChI is InChI=1S/C18H23N3O4/c1-11-5-3-8-15(9-11)24-12(2)17(22)19-14-7-4-6-13(10-14)16-20-18(23)25-21-16/h4,6-7,10-12,15H,3,5,8-9H2,1-2H3,(H,19,22)(H,20,21,23)/t11-,12+,15-/m1/s1. The molecule has 1 aromatic carbocycles. The number of ether oxygens (including phenoxy) is 1. The number of anilines is 1. The maximum atomic E-state index is 12.4. The van der Waals surface area contributed by atoms with E-state index in [4.69, 9.17) is 4.74 Å². The Morgan fingerprint density at radius 2 is 2.28 bits per heavy atom. The van der Waals surface area contributed by atoms with Crippen LogP contribution < -0.4 is 11.1 Å². The van der Waals surface area contributed by atoms with Crippen LogP contribution in [0.1, 0.15) is 39.5 Å². The molecule has 0 aliphatic heterocycles. The molecule has 1 amide bonds. The fourth-order valence-corrected chi connectivity index (χ4v) is 3.19. The molecule has 7 nitrogen and oxygen atoms in total. The van der Waals surface area contributed by atoms with E-state index < -0.39 is 11.9 Å². The molecule has 1 aliphatic rings. The molecule has 1 saturated carbocycles. The zero-order chi connectivity index (χ0) is 17.8. The summed E-state index contributed by atoms with van der Waals surface area (Å²) in [7, 11) is 0. The van der Waals surface area contributed by atoms with Crippen molar-refractivity contribution in [3.05, 3.63) is 34.8 Å². The Balaban J connectivity index is 1.61. The third-order valence-corrected chi connectivity index (χ3v) is 4.50. The van der Waals surface area contributed by atoms with Gasteiger partial charge in [-0.15, -0.1) is 0 Å². The molecule has 3 atom stereocenters. The molecule has 0 spiro atoms. The van der Waals surface area contributed by atoms with Crippen molar-refractivity contribution in [1.29, 1.82) is 0 Å². The summed E-state index contributed by atoms with van der Waals surface area (Å²) in [6.07, 6.45) is 4.03. The van der Waals surface area contributed by atoms with Gasteiger partial charge in [0.2, 0.25) is 0 Å². The first-order valence-electron chi connectivity index (χ1n) is 8.64. The zero-order valence-electron chi connectivity index (χ0n) is 14.5. The normalized spacial score (nSPS) is 21.7. The van der Waals surface area contributed by atoms with E-state index >= 15 is 0 Å². The number of nitrogens with one attached hydrogen (secondary N) is 2. The molecule has 2 aromatic rings. The smallest absolute Gasteiger partial charge is 0.365 e. The van der Waals surface area contributed by atoms with Crippen LogP contribution in [-0.2, 0) is 9.53 Å². The first-order chi connectivity index (χ1) is 12.0. The van der Waals surface area contributed by atoms with E-state index in [9.17, 15) is 9.59 Å². The SMILES string of the molecule is C[C@@H]1CCC[C@@H](O[C@@H](C)C(=O)Nc2cccc(-c3noc(=O)[nH]3)c2)C1. The zero-order valence-corrected chi connectivity index (χ0v) is 14.5. The lowest BCUT2D eigenvalue weighted by molar-refractivity contribution is -0.131. The Hall–Kier alpha value is -2.41. The van der Waals surface area contributed by atoms with Gasteiger partial charge in [0.1, 0.15) is 6.10 Å². The number of hydrogen-bond acceptors (Lipinski definition) is 5. The predicted octanol–water partition coefficient (Wildman–Crippen LogP) is 2.95. The van der Waals surface area contributed by atoms with Gasteiger partial charge in [0, 0.05) is 11.3 Å². The molecule has 134 valence electrons. The average Bonchev–Trinajstić information content (AvgIpc) is 3.01. The minimum Gasteiger partial charge on any atom is -0.365 e. The number of nitrogens with zero attached hydrogens (tertiary/aromatic N) is 1. The molecule has 0 saturated heterocycles. The van der Waals surface area contributed by atoms with E-state index in [0.29, 0.717) is 23.0 Å². The minimum absolute atomic E-state index is 0.149. The van der Waals surface area contributed by atoms with Crippen molar-refractivity contribution in [2.24, 2.45) is 5.92 Å². The molecular formula is C18H23N3O4. The number of H-pyrrole nitrogens is 1. The lowest BCUT2D eigenvalue weighted by atomic mass is 9.88. The second-order valence-corrected chi connectivity index (χ2v) is 6.69. The van der Waals surface area contributed by atoms with Crippen LogP contribution in [0.4, 0.5) is 5.69 Å². The number of aromatic nitrogens is 2. The van der Waals surface area contributed by atoms with Gasteiger partial charge < -0.3 is 10.1 Å². The van der Waals surface area contributed by atoms with Crippen molar-refractivity contribution in [3.8, 4) is 11.4 Å². The Labute approximate surface area is 145 Å². The maximum absolute atomic E-state index is 12.4. The van der Waals surface area contributed by atoms with Gasteiger partial charge in [0.15, 0.2) is 5.82 Å². The summed E-state index contributed by atoms with van der Waals surface area (Å²) < 4.78 is 10.4. The molecule has 1 aliphatic carbocycles. The highest BCUT2D eigenvalue weighted by molar-refractivity contribution is 5.94. The van der Waals surface area contributed by atoms with Crippen LogP contribution in [-0.4, -0.2) is 28.3 Å². The number of carbonyl (C=O) groups excluding carboxylic acids is 1. The van der Waals surface area contributed by atoms with E-state index in [1.54, 1.807) is 31.2 Å². The maximum Gasteiger partial charge on any atom is 0.439 e. The lowest BCUT2D eigenvalue weighted by Gasteiger charge is -2.29. The molecule has 1 fully saturated rings. The second kappa shape index (κ2) is 7.65. The van der Waals surface area contributed by atoms with Crippen molar-refractivity contribution in [2.75, 3.05) is 5.32 Å². The molecule has 0 radical (unpaired) electrons. The molecule has 1 aromatic heterocycles. The van der Waals surface area contributed by atoms with Crippen molar-refractivity contribution in [1.82, 2.24) is 10.1 Å². The summed E-state index contributed by atoms with van der Waals surface area (Å²) in [6, 6.07) is 7.04. The molecule has 3 rings (SSSR count). The fourth-order valence-electron chi connectivity index (χ4n) is 3.19. The number of rotatable bonds is 5. The van der Waals surface area contributed by atoms with Crippen LogP contribution in [0.3, 0.4) is 0 Å². The third kappa shape index (κ3) is 4.57. The fraction of sp³-hybridized carbons (Fsp3) is 0.500. The van der Waals surface area contributed by atoms with Gasteiger partial charge in [0.25, 0.3) is 5.91 Å². The first-order valence-corrected chi connectivity index (χ1v) is 8.64. The van der Waals surface area contributed by atoms with Crippen molar-refractivity contribution in [2.45, 2.75) is 51.7 Å². The number of benzene rings is 1. The van der Waals surface area contributed by atoms with Crippen LogP contribution in [0.5, 0.6) is 0 Å². The molecule has 2 N–H and O–H groups in total. The van der Waals surface area contributed by atoms with Gasteiger partial charge in [0.05, 0.1) is 6.10 Å². The van der Waals surface area contributed by atoms with Gasteiger partial charge >= 0.3 is 5.76 Å². The quantitative estimate of drug-likeness (QED) is 0.868. The van der Waals surface area contributed by atoms with Gasteiger partial charge in [-0.25, -0.2) is 4.79 Å². The summed E-state index contributed by atoms with van der Waals surface area (Å²) in [5, 5.41) is 6.49. The number of carbonyl (C=O) groups is 1. The Kier molecular flexibility index (Phi) is 5.33. The van der Waals surface area contributed by atoms with E-state index in [2.05, 4.69) is 26.9 Å². The van der Waals surface area contributed by atoms with Crippen LogP contribution >= 0.6 is 0 Å². The largest absolute Gasteiger partial charge is 0.439 e. The van der Waals surface area contributed by atoms with Crippen molar-refractivity contribution >= 4 is 11.6 Å². The average molecular weight is 345 g/mol. The highest BCUT2D eigenvalue weighted by Crippen LogP contribution is 2.26. The molecule has 25 heavy (non-hydrogen) atoms. The van der Waals surface area contributed by atoms with Gasteiger partial charge in [-0.2, -0.15) is 0 Å². The van der Waals surface area contributed by atoms with Crippen molar-refractivity contribution in [3.63, 3.8) is 0 Å². The van der Waals surface area contributed by atoms with Crippen LogP contribution in [0.15, 0.2) is 33.6 Å². The minimum atomic E-state index is -0.617.